The highest BCUT2D eigenvalue weighted by Gasteiger charge is 2.11. The molecule has 0 aliphatic rings. The molecule has 0 bridgehead atoms. The summed E-state index contributed by atoms with van der Waals surface area (Å²) in [7, 11) is 0. The van der Waals surface area contributed by atoms with Gasteiger partial charge in [0.25, 0.3) is 0 Å². The Hall–Kier alpha value is -3.28. The number of rotatable bonds is 3. The van der Waals surface area contributed by atoms with Crippen molar-refractivity contribution in [2.24, 2.45) is 0 Å². The van der Waals surface area contributed by atoms with Gasteiger partial charge in [0.2, 0.25) is 0 Å². The van der Waals surface area contributed by atoms with Gasteiger partial charge in [-0.1, -0.05) is 12.1 Å². The van der Waals surface area contributed by atoms with Crippen molar-refractivity contribution in [1.29, 1.82) is 0 Å². The quantitative estimate of drug-likeness (QED) is 0.584. The number of hydrogen-bond acceptors (Lipinski definition) is 4. The Balaban J connectivity index is 1.87. The minimum Gasteiger partial charge on any atom is -0.240 e. The number of hydrogen-bond donors (Lipinski definition) is 0. The van der Waals surface area contributed by atoms with Crippen LogP contribution in [-0.4, -0.2) is 29.5 Å². The smallest absolute Gasteiger partial charge is 0.157 e. The maximum Gasteiger partial charge on any atom is 0.157 e. The van der Waals surface area contributed by atoms with E-state index in [0.29, 0.717) is 0 Å². The maximum absolute atomic E-state index is 4.43. The molecule has 0 saturated carbocycles. The molecule has 0 aliphatic carbocycles. The van der Waals surface area contributed by atoms with Crippen LogP contribution in [0.15, 0.2) is 67.5 Å². The molecule has 3 aromatic heterocycles. The lowest BCUT2D eigenvalue weighted by molar-refractivity contribution is 0.839. The van der Waals surface area contributed by atoms with Gasteiger partial charge in [-0.2, -0.15) is 10.2 Å². The van der Waals surface area contributed by atoms with Crippen LogP contribution in [0.4, 0.5) is 0 Å². The van der Waals surface area contributed by atoms with E-state index >= 15 is 0 Å². The van der Waals surface area contributed by atoms with Crippen LogP contribution in [0, 0.1) is 6.92 Å². The van der Waals surface area contributed by atoms with Gasteiger partial charge in [0.05, 0.1) is 11.4 Å². The zero-order valence-electron chi connectivity index (χ0n) is 12.5. The van der Waals surface area contributed by atoms with Gasteiger partial charge in [-0.25, -0.2) is 19.3 Å². The Kier molecular flexibility index (Phi) is 3.20. The summed E-state index contributed by atoms with van der Waals surface area (Å²) in [5.41, 5.74) is 3.98. The molecule has 0 unspecified atom stereocenters. The first-order chi connectivity index (χ1) is 11.3. The molecule has 6 heteroatoms. The van der Waals surface area contributed by atoms with E-state index in [4.69, 9.17) is 0 Å². The summed E-state index contributed by atoms with van der Waals surface area (Å²) in [6, 6.07) is 11.9. The van der Waals surface area contributed by atoms with E-state index in [0.717, 1.165) is 22.8 Å². The molecule has 0 atom stereocenters. The van der Waals surface area contributed by atoms with Crippen molar-refractivity contribution in [3.63, 3.8) is 0 Å². The lowest BCUT2D eigenvalue weighted by Gasteiger charge is -2.11. The van der Waals surface area contributed by atoms with E-state index in [9.17, 15) is 0 Å². The number of nitrogens with zero attached hydrogens (tertiary/aromatic N) is 6. The van der Waals surface area contributed by atoms with E-state index in [1.54, 1.807) is 23.4 Å². The van der Waals surface area contributed by atoms with Gasteiger partial charge >= 0.3 is 0 Å². The van der Waals surface area contributed by atoms with E-state index in [2.05, 4.69) is 45.3 Å². The normalized spacial score (nSPS) is 10.8. The second kappa shape index (κ2) is 5.49. The summed E-state index contributed by atoms with van der Waals surface area (Å²) >= 11 is 0. The Bertz CT molecular complexity index is 926. The van der Waals surface area contributed by atoms with Gasteiger partial charge in [0.15, 0.2) is 5.82 Å². The fraction of sp³-hybridized carbons (Fsp3) is 0.0588. The van der Waals surface area contributed by atoms with Crippen LogP contribution in [0.5, 0.6) is 0 Å². The maximum atomic E-state index is 4.43. The van der Waals surface area contributed by atoms with Gasteiger partial charge in [-0.05, 0) is 30.7 Å². The second-order valence-corrected chi connectivity index (χ2v) is 5.18. The molecule has 112 valence electrons. The fourth-order valence-electron chi connectivity index (χ4n) is 2.48. The first-order valence-corrected chi connectivity index (χ1v) is 7.24. The minimum atomic E-state index is 0.729. The highest BCUT2D eigenvalue weighted by atomic mass is 15.3. The average Bonchev–Trinajstić information content (AvgIpc) is 3.28. The summed E-state index contributed by atoms with van der Waals surface area (Å²) in [5, 5.41) is 8.56. The molecular formula is C17H14N6. The highest BCUT2D eigenvalue weighted by Crippen LogP contribution is 2.26. The third-order valence-corrected chi connectivity index (χ3v) is 3.57. The minimum absolute atomic E-state index is 0.729. The second-order valence-electron chi connectivity index (χ2n) is 5.18. The third kappa shape index (κ3) is 2.50. The summed E-state index contributed by atoms with van der Waals surface area (Å²) in [6.45, 7) is 2.06. The van der Waals surface area contributed by atoms with Crippen molar-refractivity contribution in [1.82, 2.24) is 29.5 Å². The van der Waals surface area contributed by atoms with Crippen molar-refractivity contribution in [3.8, 4) is 22.8 Å². The molecule has 0 aliphatic heterocycles. The Labute approximate surface area is 133 Å². The summed E-state index contributed by atoms with van der Waals surface area (Å²) < 4.78 is 3.56. The molecule has 4 rings (SSSR count). The lowest BCUT2D eigenvalue weighted by Crippen LogP contribution is -2.02. The molecule has 23 heavy (non-hydrogen) atoms. The molecular weight excluding hydrogens is 288 g/mol. The Morgan fingerprint density at radius 2 is 1.65 bits per heavy atom. The van der Waals surface area contributed by atoms with Gasteiger partial charge in [-0.15, -0.1) is 0 Å². The SMILES string of the molecule is Cc1ccc(-c2cc(-n3cccn3)ncn2)c(-n2cccn2)c1. The van der Waals surface area contributed by atoms with Gasteiger partial charge < -0.3 is 0 Å². The molecule has 0 radical (unpaired) electrons. The van der Waals surface area contributed by atoms with Gasteiger partial charge in [0, 0.05) is 36.4 Å². The molecule has 1 aromatic carbocycles. The largest absolute Gasteiger partial charge is 0.240 e. The van der Waals surface area contributed by atoms with Crippen LogP contribution < -0.4 is 0 Å². The Morgan fingerprint density at radius 1 is 0.870 bits per heavy atom. The van der Waals surface area contributed by atoms with Gasteiger partial charge in [0.1, 0.15) is 6.33 Å². The highest BCUT2D eigenvalue weighted by molar-refractivity contribution is 5.71. The van der Waals surface area contributed by atoms with Crippen LogP contribution in [0.2, 0.25) is 0 Å². The van der Waals surface area contributed by atoms with Crippen LogP contribution in [0.25, 0.3) is 22.8 Å². The summed E-state index contributed by atoms with van der Waals surface area (Å²) in [6.07, 6.45) is 8.83. The van der Waals surface area contributed by atoms with Crippen molar-refractivity contribution < 1.29 is 0 Å². The van der Waals surface area contributed by atoms with Crippen molar-refractivity contribution in [2.45, 2.75) is 6.92 Å². The molecule has 0 saturated heterocycles. The Morgan fingerprint density at radius 3 is 2.39 bits per heavy atom. The number of aryl methyl sites for hydroxylation is 1. The molecule has 3 heterocycles. The summed E-state index contributed by atoms with van der Waals surface area (Å²) in [5.74, 6) is 0.729. The monoisotopic (exact) mass is 302 g/mol. The van der Waals surface area contributed by atoms with E-state index in [-0.39, 0.29) is 0 Å². The van der Waals surface area contributed by atoms with Crippen LogP contribution in [0.3, 0.4) is 0 Å². The zero-order chi connectivity index (χ0) is 15.6. The molecule has 0 amide bonds. The predicted molar refractivity (Wildman–Crippen MR) is 86.4 cm³/mol. The molecule has 0 N–H and O–H groups in total. The van der Waals surface area contributed by atoms with Crippen molar-refractivity contribution in [3.05, 3.63) is 73.1 Å². The van der Waals surface area contributed by atoms with E-state index in [1.807, 2.05) is 35.3 Å². The first kappa shape index (κ1) is 13.4. The van der Waals surface area contributed by atoms with E-state index in [1.165, 1.54) is 5.56 Å². The van der Waals surface area contributed by atoms with E-state index < -0.39 is 0 Å². The van der Waals surface area contributed by atoms with Crippen molar-refractivity contribution >= 4 is 0 Å². The zero-order valence-corrected chi connectivity index (χ0v) is 12.5. The van der Waals surface area contributed by atoms with Crippen molar-refractivity contribution in [2.75, 3.05) is 0 Å². The first-order valence-electron chi connectivity index (χ1n) is 7.24. The molecule has 6 nitrogen and oxygen atoms in total. The average molecular weight is 302 g/mol. The fourth-order valence-corrected chi connectivity index (χ4v) is 2.48. The molecule has 4 aromatic rings. The van der Waals surface area contributed by atoms with Gasteiger partial charge in [-0.3, -0.25) is 0 Å². The summed E-state index contributed by atoms with van der Waals surface area (Å²) in [4.78, 5) is 8.71. The molecule has 0 spiro atoms. The topological polar surface area (TPSA) is 61.4 Å². The third-order valence-electron chi connectivity index (χ3n) is 3.57. The van der Waals surface area contributed by atoms with Crippen LogP contribution in [0.1, 0.15) is 5.56 Å². The predicted octanol–water partition coefficient (Wildman–Crippen LogP) is 2.82. The van der Waals surface area contributed by atoms with Crippen LogP contribution >= 0.6 is 0 Å². The number of aromatic nitrogens is 6. The molecule has 0 fully saturated rings. The number of benzene rings is 1. The van der Waals surface area contributed by atoms with Crippen LogP contribution in [-0.2, 0) is 0 Å². The lowest BCUT2D eigenvalue weighted by atomic mass is 10.1. The standard InChI is InChI=1S/C17H14N6/c1-13-4-5-14(16(10-13)22-8-2-6-20-22)15-11-17(19-12-18-15)23-9-3-7-21-23/h2-12H,1H3.